The Morgan fingerprint density at radius 2 is 2.04 bits per heavy atom. The predicted molar refractivity (Wildman–Crippen MR) is 87.1 cm³/mol. The van der Waals surface area contributed by atoms with Crippen LogP contribution in [0.4, 0.5) is 5.95 Å². The summed E-state index contributed by atoms with van der Waals surface area (Å²) in [5.74, 6) is 1.98. The molecule has 2 aromatic rings. The molecule has 3 rings (SSSR count). The summed E-state index contributed by atoms with van der Waals surface area (Å²) < 4.78 is 10.3. The molecule has 0 aromatic carbocycles. The fourth-order valence-electron chi connectivity index (χ4n) is 2.77. The molecule has 1 aliphatic rings. The second-order valence-electron chi connectivity index (χ2n) is 5.75. The number of hydrogen-bond donors (Lipinski definition) is 0. The lowest BCUT2D eigenvalue weighted by atomic mass is 10.1. The topological polar surface area (TPSA) is 84.6 Å². The first-order chi connectivity index (χ1) is 11.6. The van der Waals surface area contributed by atoms with Crippen molar-refractivity contribution < 1.29 is 14.1 Å². The smallest absolute Gasteiger partial charge is 0.228 e. The number of piperazine rings is 1. The van der Waals surface area contributed by atoms with Crippen LogP contribution in [-0.2, 0) is 11.2 Å². The molecule has 2 aromatic heterocycles. The number of hydrogen-bond acceptors (Lipinski definition) is 7. The van der Waals surface area contributed by atoms with Crippen LogP contribution in [0.3, 0.4) is 0 Å². The van der Waals surface area contributed by atoms with Crippen molar-refractivity contribution in [3.05, 3.63) is 29.3 Å². The van der Waals surface area contributed by atoms with Gasteiger partial charge < -0.3 is 19.1 Å². The normalized spacial score (nSPS) is 14.8. The van der Waals surface area contributed by atoms with E-state index in [4.69, 9.17) is 9.26 Å². The van der Waals surface area contributed by atoms with Gasteiger partial charge in [0.1, 0.15) is 5.76 Å². The molecule has 3 heterocycles. The van der Waals surface area contributed by atoms with Crippen LogP contribution in [0.5, 0.6) is 5.88 Å². The lowest BCUT2D eigenvalue weighted by molar-refractivity contribution is -0.130. The number of amides is 1. The molecule has 8 heteroatoms. The van der Waals surface area contributed by atoms with Gasteiger partial charge in [-0.1, -0.05) is 5.16 Å². The molecule has 1 saturated heterocycles. The van der Waals surface area contributed by atoms with Crippen LogP contribution in [0.25, 0.3) is 0 Å². The number of ether oxygens (including phenoxy) is 1. The Balaban J connectivity index is 1.59. The number of nitrogens with zero attached hydrogens (tertiary/aromatic N) is 5. The van der Waals surface area contributed by atoms with E-state index in [1.165, 1.54) is 0 Å². The maximum Gasteiger partial charge on any atom is 0.228 e. The molecule has 0 spiro atoms. The first-order valence-electron chi connectivity index (χ1n) is 7.90. The summed E-state index contributed by atoms with van der Waals surface area (Å²) in [6, 6.07) is 1.72. The van der Waals surface area contributed by atoms with E-state index in [1.54, 1.807) is 19.4 Å². The lowest BCUT2D eigenvalue weighted by Gasteiger charge is -2.34. The van der Waals surface area contributed by atoms with E-state index >= 15 is 0 Å². The number of anilines is 1. The standard InChI is InChI=1S/C16H21N5O3/c1-11-13(12(2)24-19-11)10-15(22)20-6-8-21(9-7-20)16-17-5-4-14(18-16)23-3/h4-5H,6-10H2,1-3H3. The van der Waals surface area contributed by atoms with Crippen LogP contribution < -0.4 is 9.64 Å². The summed E-state index contributed by atoms with van der Waals surface area (Å²) in [5.41, 5.74) is 1.67. The van der Waals surface area contributed by atoms with Crippen LogP contribution in [0.2, 0.25) is 0 Å². The Kier molecular flexibility index (Phi) is 4.64. The van der Waals surface area contributed by atoms with Gasteiger partial charge >= 0.3 is 0 Å². The molecule has 24 heavy (non-hydrogen) atoms. The molecule has 128 valence electrons. The molecule has 0 radical (unpaired) electrons. The van der Waals surface area contributed by atoms with Gasteiger partial charge in [-0.05, 0) is 13.8 Å². The average molecular weight is 331 g/mol. The van der Waals surface area contributed by atoms with E-state index < -0.39 is 0 Å². The van der Waals surface area contributed by atoms with E-state index in [9.17, 15) is 4.79 Å². The van der Waals surface area contributed by atoms with Crippen LogP contribution in [0.1, 0.15) is 17.0 Å². The highest BCUT2D eigenvalue weighted by Gasteiger charge is 2.24. The molecule has 0 N–H and O–H groups in total. The van der Waals surface area contributed by atoms with E-state index in [2.05, 4.69) is 20.0 Å². The Hall–Kier alpha value is -2.64. The van der Waals surface area contributed by atoms with Crippen molar-refractivity contribution in [2.75, 3.05) is 38.2 Å². The monoisotopic (exact) mass is 331 g/mol. The number of aryl methyl sites for hydroxylation is 2. The van der Waals surface area contributed by atoms with Gasteiger partial charge in [0.25, 0.3) is 0 Å². The highest BCUT2D eigenvalue weighted by molar-refractivity contribution is 5.79. The summed E-state index contributed by atoms with van der Waals surface area (Å²) in [7, 11) is 1.58. The van der Waals surface area contributed by atoms with Crippen molar-refractivity contribution >= 4 is 11.9 Å². The first-order valence-corrected chi connectivity index (χ1v) is 7.90. The van der Waals surface area contributed by atoms with Crippen LogP contribution in [0.15, 0.2) is 16.8 Å². The van der Waals surface area contributed by atoms with Gasteiger partial charge in [-0.2, -0.15) is 4.98 Å². The fourth-order valence-corrected chi connectivity index (χ4v) is 2.77. The van der Waals surface area contributed by atoms with Gasteiger partial charge in [-0.15, -0.1) is 0 Å². The van der Waals surface area contributed by atoms with Crippen molar-refractivity contribution in [3.63, 3.8) is 0 Å². The Labute approximate surface area is 140 Å². The molecule has 0 bridgehead atoms. The van der Waals surface area contributed by atoms with Crippen LogP contribution in [-0.4, -0.2) is 59.2 Å². The van der Waals surface area contributed by atoms with Gasteiger partial charge in [0, 0.05) is 44.0 Å². The van der Waals surface area contributed by atoms with Crippen LogP contribution in [0, 0.1) is 13.8 Å². The number of carbonyl (C=O) groups is 1. The Morgan fingerprint density at radius 1 is 1.29 bits per heavy atom. The van der Waals surface area contributed by atoms with Crippen molar-refractivity contribution in [2.24, 2.45) is 0 Å². The minimum Gasteiger partial charge on any atom is -0.481 e. The van der Waals surface area contributed by atoms with Crippen LogP contribution >= 0.6 is 0 Å². The number of methoxy groups -OCH3 is 1. The third-order valence-corrected chi connectivity index (χ3v) is 4.25. The summed E-state index contributed by atoms with van der Waals surface area (Å²) in [6.07, 6.45) is 2.01. The molecular formula is C16H21N5O3. The maximum absolute atomic E-state index is 12.5. The summed E-state index contributed by atoms with van der Waals surface area (Å²) in [5, 5.41) is 3.90. The second kappa shape index (κ2) is 6.86. The quantitative estimate of drug-likeness (QED) is 0.825. The van der Waals surface area contributed by atoms with E-state index in [-0.39, 0.29) is 5.91 Å². The van der Waals surface area contributed by atoms with Crippen molar-refractivity contribution in [1.82, 2.24) is 20.0 Å². The van der Waals surface area contributed by atoms with Gasteiger partial charge in [0.2, 0.25) is 17.7 Å². The van der Waals surface area contributed by atoms with Crippen molar-refractivity contribution in [2.45, 2.75) is 20.3 Å². The van der Waals surface area contributed by atoms with Gasteiger partial charge in [0.15, 0.2) is 0 Å². The van der Waals surface area contributed by atoms with E-state index in [0.717, 1.165) is 11.3 Å². The first kappa shape index (κ1) is 16.2. The summed E-state index contributed by atoms with van der Waals surface area (Å²) >= 11 is 0. The van der Waals surface area contributed by atoms with Gasteiger partial charge in [0.05, 0.1) is 19.2 Å². The highest BCUT2D eigenvalue weighted by atomic mass is 16.5. The predicted octanol–water partition coefficient (Wildman–Crippen LogP) is 0.981. The Morgan fingerprint density at radius 3 is 2.67 bits per heavy atom. The minimum atomic E-state index is 0.0932. The molecule has 0 aliphatic carbocycles. The molecule has 1 amide bonds. The third kappa shape index (κ3) is 3.32. The summed E-state index contributed by atoms with van der Waals surface area (Å²) in [6.45, 7) is 6.37. The zero-order valence-electron chi connectivity index (χ0n) is 14.2. The Bertz CT molecular complexity index is 703. The van der Waals surface area contributed by atoms with E-state index in [1.807, 2.05) is 18.7 Å². The fraction of sp³-hybridized carbons (Fsp3) is 0.500. The number of carbonyl (C=O) groups excluding carboxylic acids is 1. The SMILES string of the molecule is COc1ccnc(N2CCN(C(=O)Cc3c(C)noc3C)CC2)n1. The molecule has 8 nitrogen and oxygen atoms in total. The van der Waals surface area contributed by atoms with Gasteiger partial charge in [-0.25, -0.2) is 4.98 Å². The minimum absolute atomic E-state index is 0.0932. The number of aromatic nitrogens is 3. The molecule has 0 atom stereocenters. The van der Waals surface area contributed by atoms with E-state index in [0.29, 0.717) is 50.2 Å². The molecular weight excluding hydrogens is 310 g/mol. The van der Waals surface area contributed by atoms with Crippen molar-refractivity contribution in [3.8, 4) is 5.88 Å². The van der Waals surface area contributed by atoms with Gasteiger partial charge in [-0.3, -0.25) is 4.79 Å². The largest absolute Gasteiger partial charge is 0.481 e. The third-order valence-electron chi connectivity index (χ3n) is 4.25. The second-order valence-corrected chi connectivity index (χ2v) is 5.75. The van der Waals surface area contributed by atoms with Crippen molar-refractivity contribution in [1.29, 1.82) is 0 Å². The number of rotatable bonds is 4. The maximum atomic E-state index is 12.5. The zero-order valence-corrected chi connectivity index (χ0v) is 14.2. The molecule has 0 unspecified atom stereocenters. The average Bonchev–Trinajstić information content (AvgIpc) is 2.94. The zero-order chi connectivity index (χ0) is 17.1. The lowest BCUT2D eigenvalue weighted by Crippen LogP contribution is -2.49. The highest BCUT2D eigenvalue weighted by Crippen LogP contribution is 2.17. The molecule has 0 saturated carbocycles. The molecule has 1 fully saturated rings. The molecule has 1 aliphatic heterocycles. The summed E-state index contributed by atoms with van der Waals surface area (Å²) in [4.78, 5) is 25.0.